The van der Waals surface area contributed by atoms with Gasteiger partial charge in [0.1, 0.15) is 41.4 Å². The third-order valence-corrected chi connectivity index (χ3v) is 5.84. The number of nitrogens with two attached hydrogens (primary N) is 2. The van der Waals surface area contributed by atoms with E-state index in [-0.39, 0.29) is 6.54 Å². The van der Waals surface area contributed by atoms with E-state index in [4.69, 9.17) is 16.2 Å². The first kappa shape index (κ1) is 19.5. The Bertz CT molecular complexity index is 1270. The topological polar surface area (TPSA) is 157 Å². The lowest BCUT2D eigenvalue weighted by Crippen LogP contribution is -2.47. The predicted molar refractivity (Wildman–Crippen MR) is 117 cm³/mol. The van der Waals surface area contributed by atoms with Crippen molar-refractivity contribution in [2.24, 2.45) is 0 Å². The number of aliphatic hydroxyl groups excluding tert-OH is 1. The molecule has 4 atom stereocenters. The molecule has 0 amide bonds. The van der Waals surface area contributed by atoms with Crippen LogP contribution in [-0.2, 0) is 4.74 Å². The minimum atomic E-state index is -1.49. The molecule has 1 fully saturated rings. The summed E-state index contributed by atoms with van der Waals surface area (Å²) in [6.45, 7) is 1.83. The number of aliphatic hydroxyl groups is 2. The van der Waals surface area contributed by atoms with Gasteiger partial charge >= 0.3 is 0 Å². The van der Waals surface area contributed by atoms with Crippen LogP contribution < -0.4 is 16.8 Å². The largest absolute Gasteiger partial charge is 0.385 e. The van der Waals surface area contributed by atoms with Crippen molar-refractivity contribution in [3.05, 3.63) is 48.9 Å². The Balaban J connectivity index is 1.38. The molecule has 1 aromatic carbocycles. The molecule has 10 nitrogen and oxygen atoms in total. The number of pyridine rings is 1. The fraction of sp³-hybridized carbons (Fsp3) is 0.286. The molecule has 1 saturated heterocycles. The van der Waals surface area contributed by atoms with E-state index in [0.29, 0.717) is 22.7 Å². The van der Waals surface area contributed by atoms with Gasteiger partial charge in [0.25, 0.3) is 0 Å². The smallest absolute Gasteiger partial charge is 0.164 e. The molecule has 0 bridgehead atoms. The Morgan fingerprint density at radius 3 is 2.84 bits per heavy atom. The molecule has 4 heterocycles. The van der Waals surface area contributed by atoms with Crippen LogP contribution >= 0.6 is 0 Å². The van der Waals surface area contributed by atoms with Crippen LogP contribution in [0.1, 0.15) is 13.2 Å². The summed E-state index contributed by atoms with van der Waals surface area (Å²) in [6, 6.07) is 11.1. The molecule has 10 heteroatoms. The van der Waals surface area contributed by atoms with Crippen molar-refractivity contribution >= 4 is 39.3 Å². The summed E-state index contributed by atoms with van der Waals surface area (Å²) in [7, 11) is 0. The van der Waals surface area contributed by atoms with Crippen LogP contribution in [0.2, 0.25) is 0 Å². The van der Waals surface area contributed by atoms with E-state index in [2.05, 4.69) is 20.3 Å². The Morgan fingerprint density at radius 1 is 1.19 bits per heavy atom. The lowest BCUT2D eigenvalue weighted by Gasteiger charge is -2.26. The van der Waals surface area contributed by atoms with E-state index in [0.717, 1.165) is 16.6 Å². The van der Waals surface area contributed by atoms with Crippen LogP contribution in [0.25, 0.3) is 21.9 Å². The molecule has 1 aliphatic heterocycles. The Labute approximate surface area is 177 Å². The highest BCUT2D eigenvalue weighted by molar-refractivity contribution is 5.86. The number of fused-ring (bicyclic) bond motifs is 2. The van der Waals surface area contributed by atoms with Crippen LogP contribution in [0.4, 0.5) is 17.3 Å². The monoisotopic (exact) mass is 421 g/mol. The first-order valence-electron chi connectivity index (χ1n) is 9.87. The highest BCUT2D eigenvalue weighted by atomic mass is 16.6. The van der Waals surface area contributed by atoms with Crippen molar-refractivity contribution in [2.75, 3.05) is 23.3 Å². The number of nitrogens with one attached hydrogen (secondary N) is 1. The molecule has 7 N–H and O–H groups in total. The van der Waals surface area contributed by atoms with Crippen molar-refractivity contribution in [1.29, 1.82) is 0 Å². The Kier molecular flexibility index (Phi) is 4.43. The Hall–Kier alpha value is -3.47. The van der Waals surface area contributed by atoms with Gasteiger partial charge in [-0.05, 0) is 37.3 Å². The maximum atomic E-state index is 11.0. The molecule has 31 heavy (non-hydrogen) atoms. The average Bonchev–Trinajstić information content (AvgIpc) is 3.26. The highest BCUT2D eigenvalue weighted by Gasteiger charge is 2.52. The number of rotatable bonds is 4. The molecule has 5 rings (SSSR count). The maximum absolute atomic E-state index is 11.0. The summed E-state index contributed by atoms with van der Waals surface area (Å²) in [5, 5.41) is 26.7. The molecule has 0 aliphatic carbocycles. The predicted octanol–water partition coefficient (Wildman–Crippen LogP) is 1.27. The van der Waals surface area contributed by atoms with Gasteiger partial charge in [0.05, 0.1) is 10.9 Å². The van der Waals surface area contributed by atoms with Gasteiger partial charge in [-0.25, -0.2) is 15.0 Å². The maximum Gasteiger partial charge on any atom is 0.164 e. The average molecular weight is 421 g/mol. The second kappa shape index (κ2) is 7.05. The van der Waals surface area contributed by atoms with Crippen molar-refractivity contribution in [2.45, 2.75) is 31.0 Å². The first-order chi connectivity index (χ1) is 14.8. The van der Waals surface area contributed by atoms with Gasteiger partial charge in [-0.2, -0.15) is 0 Å². The zero-order valence-electron chi connectivity index (χ0n) is 16.8. The van der Waals surface area contributed by atoms with Gasteiger partial charge in [0.2, 0.25) is 0 Å². The summed E-state index contributed by atoms with van der Waals surface area (Å²) in [4.78, 5) is 12.6. The van der Waals surface area contributed by atoms with E-state index in [1.165, 1.54) is 6.33 Å². The minimum Gasteiger partial charge on any atom is -0.385 e. The van der Waals surface area contributed by atoms with Crippen LogP contribution in [-0.4, -0.2) is 54.1 Å². The van der Waals surface area contributed by atoms with Crippen molar-refractivity contribution < 1.29 is 14.9 Å². The van der Waals surface area contributed by atoms with E-state index >= 15 is 0 Å². The molecule has 0 saturated carbocycles. The SMILES string of the molecule is C[C@@]1(O)[C@@H](CNc2ccc3ccc(N)nc3c2)O[C@@H](n2ccc3c(N)ncnc32)[C@@H]1O. The fourth-order valence-electron chi connectivity index (χ4n) is 3.98. The molecule has 3 aromatic heterocycles. The fourth-order valence-corrected chi connectivity index (χ4v) is 3.98. The van der Waals surface area contributed by atoms with Crippen LogP contribution in [0.3, 0.4) is 0 Å². The van der Waals surface area contributed by atoms with Crippen LogP contribution in [0.15, 0.2) is 48.9 Å². The number of anilines is 3. The normalized spacial score (nSPS) is 26.0. The summed E-state index contributed by atoms with van der Waals surface area (Å²) in [6.07, 6.45) is 0.381. The number of ether oxygens (including phenoxy) is 1. The number of nitrogen functional groups attached to an aromatic ring is 2. The summed E-state index contributed by atoms with van der Waals surface area (Å²) in [5.41, 5.74) is 12.3. The zero-order chi connectivity index (χ0) is 21.8. The molecular formula is C21H23N7O3. The van der Waals surface area contributed by atoms with Crippen LogP contribution in [0.5, 0.6) is 0 Å². The molecule has 1 aliphatic rings. The first-order valence-corrected chi connectivity index (χ1v) is 9.87. The summed E-state index contributed by atoms with van der Waals surface area (Å²) in [5.74, 6) is 0.785. The quantitative estimate of drug-likeness (QED) is 0.327. The standard InChI is InChI=1S/C21H23N7O3/c1-21(30)15(9-24-12-4-2-11-3-5-16(22)27-14(11)8-12)31-20(17(21)29)28-7-6-13-18(23)25-10-26-19(13)28/h2-8,10,15,17,20,24,29-30H,9H2,1H3,(H2,22,27)(H2,23,25,26)/t15-,17+,20-,21-/m1/s1. The Morgan fingerprint density at radius 2 is 2.00 bits per heavy atom. The van der Waals surface area contributed by atoms with Gasteiger partial charge in [-0.3, -0.25) is 0 Å². The number of benzene rings is 1. The zero-order valence-corrected chi connectivity index (χ0v) is 16.8. The van der Waals surface area contributed by atoms with E-state index < -0.39 is 24.0 Å². The van der Waals surface area contributed by atoms with E-state index in [9.17, 15) is 10.2 Å². The lowest BCUT2D eigenvalue weighted by atomic mass is 9.94. The van der Waals surface area contributed by atoms with Crippen LogP contribution in [0, 0.1) is 0 Å². The van der Waals surface area contributed by atoms with Gasteiger partial charge in [-0.15, -0.1) is 0 Å². The minimum absolute atomic E-state index is 0.269. The number of aromatic nitrogens is 4. The van der Waals surface area contributed by atoms with E-state index in [1.54, 1.807) is 29.8 Å². The van der Waals surface area contributed by atoms with E-state index in [1.807, 2.05) is 24.3 Å². The van der Waals surface area contributed by atoms with Crippen molar-refractivity contribution in [3.8, 4) is 0 Å². The number of hydrogen-bond acceptors (Lipinski definition) is 9. The van der Waals surface area contributed by atoms with Gasteiger partial charge < -0.3 is 36.3 Å². The number of nitrogens with zero attached hydrogens (tertiary/aromatic N) is 4. The molecule has 4 aromatic rings. The molecule has 160 valence electrons. The molecule has 0 spiro atoms. The molecule has 0 radical (unpaired) electrons. The highest BCUT2D eigenvalue weighted by Crippen LogP contribution is 2.39. The van der Waals surface area contributed by atoms with Gasteiger partial charge in [0.15, 0.2) is 6.23 Å². The van der Waals surface area contributed by atoms with Crippen molar-refractivity contribution in [1.82, 2.24) is 19.5 Å². The summed E-state index contributed by atoms with van der Waals surface area (Å²) >= 11 is 0. The van der Waals surface area contributed by atoms with Gasteiger partial charge in [0, 0.05) is 23.8 Å². The second-order valence-corrected chi connectivity index (χ2v) is 7.93. The molecular weight excluding hydrogens is 398 g/mol. The third kappa shape index (κ3) is 3.21. The molecule has 0 unspecified atom stereocenters. The summed E-state index contributed by atoms with van der Waals surface area (Å²) < 4.78 is 7.74. The third-order valence-electron chi connectivity index (χ3n) is 5.84. The lowest BCUT2D eigenvalue weighted by molar-refractivity contribution is -0.0591. The second-order valence-electron chi connectivity index (χ2n) is 7.93. The van der Waals surface area contributed by atoms with Gasteiger partial charge in [-0.1, -0.05) is 6.07 Å². The number of hydrogen-bond donors (Lipinski definition) is 5. The van der Waals surface area contributed by atoms with Crippen molar-refractivity contribution in [3.63, 3.8) is 0 Å².